The fourth-order valence-electron chi connectivity index (χ4n) is 4.92. The lowest BCUT2D eigenvalue weighted by Gasteiger charge is -2.46. The molecule has 0 aliphatic carbocycles. The van der Waals surface area contributed by atoms with Crippen LogP contribution in [0.5, 0.6) is 23.0 Å². The number of rotatable bonds is 11. The lowest BCUT2D eigenvalue weighted by atomic mass is 9.97. The van der Waals surface area contributed by atoms with Gasteiger partial charge in [-0.2, -0.15) is 0 Å². The fourth-order valence-corrected chi connectivity index (χ4v) is 4.92. The normalized spacial score (nSPS) is 32.0. The molecule has 15 nitrogen and oxygen atoms in total. The molecule has 2 aromatic rings. The number of aliphatic hydroxyl groups excluding tert-OH is 5. The molecule has 2 aliphatic rings. The van der Waals surface area contributed by atoms with E-state index in [9.17, 15) is 45.6 Å². The molecule has 2 heterocycles. The molecule has 248 valence electrons. The second-order valence-electron chi connectivity index (χ2n) is 10.6. The molecule has 0 bridgehead atoms. The zero-order valence-electron chi connectivity index (χ0n) is 24.4. The van der Waals surface area contributed by atoms with Crippen LogP contribution in [0.2, 0.25) is 0 Å². The van der Waals surface area contributed by atoms with Gasteiger partial charge in [-0.3, -0.25) is 0 Å². The molecule has 2 fully saturated rings. The molecule has 4 rings (SSSR count). The number of hydrogen-bond acceptors (Lipinski definition) is 15. The summed E-state index contributed by atoms with van der Waals surface area (Å²) in [6.45, 7) is 0.674. The molecule has 0 saturated carbocycles. The van der Waals surface area contributed by atoms with E-state index >= 15 is 0 Å². The van der Waals surface area contributed by atoms with Crippen molar-refractivity contribution in [3.05, 3.63) is 53.6 Å². The summed E-state index contributed by atoms with van der Waals surface area (Å²) in [5.41, 5.74) is 1.01. The summed E-state index contributed by atoms with van der Waals surface area (Å²) >= 11 is 0. The van der Waals surface area contributed by atoms with Gasteiger partial charge >= 0.3 is 5.97 Å². The molecule has 8 N–H and O–H groups in total. The Bertz CT molecular complexity index is 1320. The van der Waals surface area contributed by atoms with Crippen LogP contribution in [0.4, 0.5) is 0 Å². The van der Waals surface area contributed by atoms with E-state index in [1.165, 1.54) is 44.4 Å². The second kappa shape index (κ2) is 15.2. The van der Waals surface area contributed by atoms with Crippen LogP contribution in [0.1, 0.15) is 18.1 Å². The van der Waals surface area contributed by atoms with Crippen LogP contribution >= 0.6 is 0 Å². The van der Waals surface area contributed by atoms with E-state index in [1.54, 1.807) is 12.1 Å². The van der Waals surface area contributed by atoms with E-state index in [1.807, 2.05) is 0 Å². The van der Waals surface area contributed by atoms with Gasteiger partial charge in [-0.1, -0.05) is 12.1 Å². The molecule has 0 spiro atoms. The lowest BCUT2D eigenvalue weighted by Crippen LogP contribution is -2.65. The van der Waals surface area contributed by atoms with E-state index in [4.69, 9.17) is 28.4 Å². The van der Waals surface area contributed by atoms with Gasteiger partial charge < -0.3 is 69.3 Å². The van der Waals surface area contributed by atoms with Gasteiger partial charge in [0.1, 0.15) is 36.6 Å². The highest BCUT2D eigenvalue weighted by Crippen LogP contribution is 2.32. The Kier molecular flexibility index (Phi) is 11.6. The minimum atomic E-state index is -1.76. The van der Waals surface area contributed by atoms with Crippen LogP contribution in [-0.4, -0.2) is 129 Å². The molecule has 0 aromatic heterocycles. The first-order valence-electron chi connectivity index (χ1n) is 14.1. The van der Waals surface area contributed by atoms with Gasteiger partial charge in [-0.25, -0.2) is 4.79 Å². The lowest BCUT2D eigenvalue weighted by molar-refractivity contribution is -0.357. The number of hydrogen-bond donors (Lipinski definition) is 8. The fraction of sp³-hybridized carbons (Fsp3) is 0.500. The highest BCUT2D eigenvalue weighted by Gasteiger charge is 2.52. The van der Waals surface area contributed by atoms with E-state index in [0.29, 0.717) is 11.1 Å². The van der Waals surface area contributed by atoms with Crippen molar-refractivity contribution in [2.24, 2.45) is 0 Å². The van der Waals surface area contributed by atoms with Gasteiger partial charge in [-0.05, 0) is 54.8 Å². The molecule has 45 heavy (non-hydrogen) atoms. The van der Waals surface area contributed by atoms with Gasteiger partial charge in [0.25, 0.3) is 0 Å². The van der Waals surface area contributed by atoms with E-state index in [2.05, 4.69) is 0 Å². The van der Waals surface area contributed by atoms with Crippen LogP contribution in [0, 0.1) is 0 Å². The molecule has 2 saturated heterocycles. The number of aliphatic hydroxyl groups is 5. The molecule has 0 radical (unpaired) electrons. The summed E-state index contributed by atoms with van der Waals surface area (Å²) in [5.74, 6) is -1.53. The van der Waals surface area contributed by atoms with Gasteiger partial charge in [0.15, 0.2) is 41.7 Å². The van der Waals surface area contributed by atoms with Crippen molar-refractivity contribution in [1.29, 1.82) is 0 Å². The molecule has 15 heteroatoms. The summed E-state index contributed by atoms with van der Waals surface area (Å²) in [5, 5.41) is 81.5. The van der Waals surface area contributed by atoms with Crippen LogP contribution in [0.15, 0.2) is 42.5 Å². The Balaban J connectivity index is 1.52. The van der Waals surface area contributed by atoms with Crippen LogP contribution in [0.3, 0.4) is 0 Å². The molecule has 0 amide bonds. The number of methoxy groups -OCH3 is 1. The maximum Gasteiger partial charge on any atom is 0.331 e. The van der Waals surface area contributed by atoms with Crippen molar-refractivity contribution >= 4 is 12.0 Å². The van der Waals surface area contributed by atoms with Gasteiger partial charge in [0.2, 0.25) is 0 Å². The summed E-state index contributed by atoms with van der Waals surface area (Å²) in [4.78, 5) is 12.8. The molecule has 2 aromatic carbocycles. The third-order valence-electron chi connectivity index (χ3n) is 7.47. The molecule has 10 atom stereocenters. The van der Waals surface area contributed by atoms with Crippen molar-refractivity contribution in [1.82, 2.24) is 0 Å². The quantitative estimate of drug-likeness (QED) is 0.0862. The summed E-state index contributed by atoms with van der Waals surface area (Å²) in [7, 11) is 1.42. The standard InChI is InChI=1S/C30H38O15/c1-14-23(36)24(37)25(38)30(42-14)45-28-26(39)29(41-10-9-16-4-7-20(40-2)19(34)12-16)43-21(13-31)27(28)44-22(35)8-5-15-3-6-17(32)18(33)11-15/h3-8,11-12,14,21,23-34,36-39H,9-10,13H2,1-2H3/b8-5-. The van der Waals surface area contributed by atoms with E-state index in [0.717, 1.165) is 6.08 Å². The van der Waals surface area contributed by atoms with Crippen molar-refractivity contribution < 1.29 is 74.1 Å². The maximum absolute atomic E-state index is 12.8. The molecular formula is C30H38O15. The molecule has 10 unspecified atom stereocenters. The Labute approximate surface area is 258 Å². The second-order valence-corrected chi connectivity index (χ2v) is 10.6. The number of ether oxygens (including phenoxy) is 6. The molecule has 2 aliphatic heterocycles. The first kappa shape index (κ1) is 34.4. The number of benzene rings is 2. The number of carbonyl (C=O) groups excluding carboxylic acids is 1. The highest BCUT2D eigenvalue weighted by atomic mass is 16.7. The zero-order valence-corrected chi connectivity index (χ0v) is 24.4. The average Bonchev–Trinajstić information content (AvgIpc) is 3.02. The predicted molar refractivity (Wildman–Crippen MR) is 152 cm³/mol. The number of phenols is 3. The van der Waals surface area contributed by atoms with Gasteiger partial charge in [0, 0.05) is 6.08 Å². The summed E-state index contributed by atoms with van der Waals surface area (Å²) in [6, 6.07) is 8.60. The third kappa shape index (κ3) is 8.21. The van der Waals surface area contributed by atoms with Crippen molar-refractivity contribution in [2.75, 3.05) is 20.3 Å². The number of carbonyl (C=O) groups is 1. The predicted octanol–water partition coefficient (Wildman–Crippen LogP) is -0.713. The Hall–Kier alpha value is -3.51. The van der Waals surface area contributed by atoms with Crippen LogP contribution in [-0.2, 0) is 34.9 Å². The topological polar surface area (TPSA) is 234 Å². The maximum atomic E-state index is 12.8. The first-order valence-corrected chi connectivity index (χ1v) is 14.1. The minimum Gasteiger partial charge on any atom is -0.504 e. The minimum absolute atomic E-state index is 0.0322. The number of esters is 1. The third-order valence-corrected chi connectivity index (χ3v) is 7.47. The van der Waals surface area contributed by atoms with Gasteiger partial charge in [0.05, 0.1) is 26.4 Å². The van der Waals surface area contributed by atoms with Crippen molar-refractivity contribution in [3.8, 4) is 23.0 Å². The zero-order chi connectivity index (χ0) is 32.8. The number of aromatic hydroxyl groups is 3. The van der Waals surface area contributed by atoms with E-state index in [-0.39, 0.29) is 30.3 Å². The molecular weight excluding hydrogens is 600 g/mol. The van der Waals surface area contributed by atoms with E-state index < -0.39 is 79.7 Å². The Morgan fingerprint density at radius 3 is 2.29 bits per heavy atom. The Morgan fingerprint density at radius 1 is 0.867 bits per heavy atom. The first-order chi connectivity index (χ1) is 21.4. The van der Waals surface area contributed by atoms with Crippen LogP contribution in [0.25, 0.3) is 6.08 Å². The monoisotopic (exact) mass is 638 g/mol. The summed E-state index contributed by atoms with van der Waals surface area (Å²) in [6.07, 6.45) is -12.4. The van der Waals surface area contributed by atoms with Crippen LogP contribution < -0.4 is 4.74 Å². The van der Waals surface area contributed by atoms with Crippen molar-refractivity contribution in [3.63, 3.8) is 0 Å². The summed E-state index contributed by atoms with van der Waals surface area (Å²) < 4.78 is 33.4. The van der Waals surface area contributed by atoms with Crippen molar-refractivity contribution in [2.45, 2.75) is 74.8 Å². The average molecular weight is 639 g/mol. The largest absolute Gasteiger partial charge is 0.504 e. The van der Waals surface area contributed by atoms with Gasteiger partial charge in [-0.15, -0.1) is 0 Å². The smallest absolute Gasteiger partial charge is 0.331 e. The SMILES string of the molecule is COc1ccc(CCOC2OC(CO)C(OC(=O)/C=C\c3ccc(O)c(O)c3)C(OC3OC(C)C(O)C(O)C3O)C2O)cc1O. The number of phenolic OH excluding ortho intramolecular Hbond substituents is 3. The highest BCUT2D eigenvalue weighted by molar-refractivity contribution is 5.87. The Morgan fingerprint density at radius 2 is 1.62 bits per heavy atom.